The van der Waals surface area contributed by atoms with Crippen LogP contribution in [0.1, 0.15) is 18.4 Å². The summed E-state index contributed by atoms with van der Waals surface area (Å²) in [6.07, 6.45) is 1.18. The fraction of sp³-hybridized carbons (Fsp3) is 0.400. The van der Waals surface area contributed by atoms with Crippen LogP contribution in [0.4, 0.5) is 5.69 Å². The molecule has 1 aromatic carbocycles. The van der Waals surface area contributed by atoms with Gasteiger partial charge in [-0.15, -0.1) is 0 Å². The van der Waals surface area contributed by atoms with Gasteiger partial charge in [0.2, 0.25) is 5.91 Å². The van der Waals surface area contributed by atoms with Crippen molar-refractivity contribution in [1.82, 2.24) is 0 Å². The number of rotatable bonds is 3. The summed E-state index contributed by atoms with van der Waals surface area (Å²) in [7, 11) is 0. The van der Waals surface area contributed by atoms with Crippen LogP contribution in [0, 0.1) is 28.1 Å². The molecule has 5 nitrogen and oxygen atoms in total. The molecule has 0 radical (unpaired) electrons. The monoisotopic (exact) mass is 269 g/mol. The maximum Gasteiger partial charge on any atom is 0.245 e. The van der Waals surface area contributed by atoms with Gasteiger partial charge in [0.05, 0.1) is 18.6 Å². The summed E-state index contributed by atoms with van der Waals surface area (Å²) in [4.78, 5) is 12.3. The van der Waals surface area contributed by atoms with E-state index in [2.05, 4.69) is 17.5 Å². The second-order valence-electron chi connectivity index (χ2n) is 4.79. The Kier molecular flexibility index (Phi) is 4.34. The van der Waals surface area contributed by atoms with Gasteiger partial charge in [0.1, 0.15) is 5.41 Å². The molecule has 5 heteroatoms. The minimum Gasteiger partial charge on any atom is -0.381 e. The zero-order chi connectivity index (χ0) is 14.4. The molecular formula is C15H15N3O2. The number of hydrogen-bond donors (Lipinski definition) is 1. The molecule has 1 fully saturated rings. The number of anilines is 1. The number of carbonyl (C=O) groups is 1. The highest BCUT2D eigenvalue weighted by Gasteiger charge is 2.40. The smallest absolute Gasteiger partial charge is 0.245 e. The lowest BCUT2D eigenvalue weighted by molar-refractivity contribution is -0.126. The molecule has 20 heavy (non-hydrogen) atoms. The Morgan fingerprint density at radius 3 is 2.45 bits per heavy atom. The fourth-order valence-electron chi connectivity index (χ4n) is 2.16. The van der Waals surface area contributed by atoms with E-state index in [1.165, 1.54) is 0 Å². The standard InChI is InChI=1S/C15H15N3O2/c16-8-5-12-1-3-13(4-2-12)18-14(19)15(11-17)6-9-20-10-7-15/h1-4H,5-7,9-10H2,(H,18,19). The normalized spacial score (nSPS) is 16.7. The van der Waals surface area contributed by atoms with Gasteiger partial charge in [-0.1, -0.05) is 12.1 Å². The molecule has 0 aliphatic carbocycles. The summed E-state index contributed by atoms with van der Waals surface area (Å²) < 4.78 is 5.21. The lowest BCUT2D eigenvalue weighted by Crippen LogP contribution is -2.39. The lowest BCUT2D eigenvalue weighted by atomic mass is 9.81. The molecule has 1 aliphatic heterocycles. The number of carbonyl (C=O) groups excluding carboxylic acids is 1. The first kappa shape index (κ1) is 14.0. The van der Waals surface area contributed by atoms with Crippen LogP contribution >= 0.6 is 0 Å². The van der Waals surface area contributed by atoms with E-state index in [1.807, 2.05) is 0 Å². The molecule has 0 saturated carbocycles. The minimum atomic E-state index is -0.996. The summed E-state index contributed by atoms with van der Waals surface area (Å²) in [6.45, 7) is 0.865. The highest BCUT2D eigenvalue weighted by Crippen LogP contribution is 2.31. The quantitative estimate of drug-likeness (QED) is 0.909. The van der Waals surface area contributed by atoms with Crippen LogP contribution in [0.3, 0.4) is 0 Å². The molecule has 1 saturated heterocycles. The third-order valence-electron chi connectivity index (χ3n) is 3.49. The topological polar surface area (TPSA) is 85.9 Å². The Bertz CT molecular complexity index is 560. The molecule has 2 rings (SSSR count). The Morgan fingerprint density at radius 1 is 1.25 bits per heavy atom. The predicted octanol–water partition coefficient (Wildman–Crippen LogP) is 2.01. The third-order valence-corrected chi connectivity index (χ3v) is 3.49. The van der Waals surface area contributed by atoms with Crippen LogP contribution < -0.4 is 5.32 Å². The van der Waals surface area contributed by atoms with Crippen molar-refractivity contribution in [2.75, 3.05) is 18.5 Å². The Morgan fingerprint density at radius 2 is 1.90 bits per heavy atom. The molecule has 1 aliphatic rings. The van der Waals surface area contributed by atoms with Gasteiger partial charge in [0.25, 0.3) is 0 Å². The SMILES string of the molecule is N#CCc1ccc(NC(=O)C2(C#N)CCOCC2)cc1. The maximum atomic E-state index is 12.3. The van der Waals surface area contributed by atoms with E-state index in [0.717, 1.165) is 5.56 Å². The van der Waals surface area contributed by atoms with Crippen molar-refractivity contribution in [3.05, 3.63) is 29.8 Å². The highest BCUT2D eigenvalue weighted by atomic mass is 16.5. The summed E-state index contributed by atoms with van der Waals surface area (Å²) >= 11 is 0. The van der Waals surface area contributed by atoms with Crippen molar-refractivity contribution in [1.29, 1.82) is 10.5 Å². The van der Waals surface area contributed by atoms with E-state index >= 15 is 0 Å². The van der Waals surface area contributed by atoms with Crippen molar-refractivity contribution in [2.45, 2.75) is 19.3 Å². The highest BCUT2D eigenvalue weighted by molar-refractivity contribution is 5.97. The van der Waals surface area contributed by atoms with E-state index in [0.29, 0.717) is 38.2 Å². The lowest BCUT2D eigenvalue weighted by Gasteiger charge is -2.29. The van der Waals surface area contributed by atoms with Crippen LogP contribution in [0.15, 0.2) is 24.3 Å². The number of nitrogens with zero attached hydrogens (tertiary/aromatic N) is 2. The average molecular weight is 269 g/mol. The van der Waals surface area contributed by atoms with Gasteiger partial charge in [-0.3, -0.25) is 4.79 Å². The molecule has 1 aromatic rings. The zero-order valence-electron chi connectivity index (χ0n) is 11.1. The Labute approximate surface area is 117 Å². The third kappa shape index (κ3) is 2.96. The van der Waals surface area contributed by atoms with Gasteiger partial charge in [-0.25, -0.2) is 0 Å². The zero-order valence-corrected chi connectivity index (χ0v) is 11.1. The van der Waals surface area contributed by atoms with E-state index < -0.39 is 5.41 Å². The molecule has 0 unspecified atom stereocenters. The number of ether oxygens (including phenoxy) is 1. The van der Waals surface area contributed by atoms with Crippen molar-refractivity contribution in [3.63, 3.8) is 0 Å². The number of amides is 1. The molecule has 1 heterocycles. The number of hydrogen-bond acceptors (Lipinski definition) is 4. The van der Waals surface area contributed by atoms with E-state index in [-0.39, 0.29) is 5.91 Å². The fourth-order valence-corrected chi connectivity index (χ4v) is 2.16. The van der Waals surface area contributed by atoms with Crippen molar-refractivity contribution in [3.8, 4) is 12.1 Å². The second kappa shape index (κ2) is 6.18. The van der Waals surface area contributed by atoms with Gasteiger partial charge in [-0.05, 0) is 30.5 Å². The van der Waals surface area contributed by atoms with Crippen LogP contribution in [0.5, 0.6) is 0 Å². The summed E-state index contributed by atoms with van der Waals surface area (Å²) in [5.41, 5.74) is 0.535. The van der Waals surface area contributed by atoms with Crippen LogP contribution in [-0.2, 0) is 16.0 Å². The van der Waals surface area contributed by atoms with Crippen molar-refractivity contribution >= 4 is 11.6 Å². The van der Waals surface area contributed by atoms with Crippen LogP contribution in [0.2, 0.25) is 0 Å². The first-order valence-electron chi connectivity index (χ1n) is 6.46. The van der Waals surface area contributed by atoms with Gasteiger partial charge in [0, 0.05) is 18.9 Å². The van der Waals surface area contributed by atoms with Gasteiger partial charge >= 0.3 is 0 Å². The van der Waals surface area contributed by atoms with Gasteiger partial charge in [-0.2, -0.15) is 10.5 Å². The van der Waals surface area contributed by atoms with E-state index in [9.17, 15) is 10.1 Å². The molecule has 1 N–H and O–H groups in total. The molecule has 102 valence electrons. The average Bonchev–Trinajstić information content (AvgIpc) is 2.50. The number of nitrogens with one attached hydrogen (secondary N) is 1. The van der Waals surface area contributed by atoms with E-state index in [4.69, 9.17) is 10.00 Å². The summed E-state index contributed by atoms with van der Waals surface area (Å²) in [6, 6.07) is 11.3. The van der Waals surface area contributed by atoms with Crippen LogP contribution in [0.25, 0.3) is 0 Å². The molecule has 0 bridgehead atoms. The molecular weight excluding hydrogens is 254 g/mol. The number of nitriles is 2. The van der Waals surface area contributed by atoms with Crippen molar-refractivity contribution in [2.24, 2.45) is 5.41 Å². The maximum absolute atomic E-state index is 12.3. The molecule has 0 atom stereocenters. The molecule has 1 amide bonds. The Hall–Kier alpha value is -2.37. The van der Waals surface area contributed by atoms with Crippen LogP contribution in [-0.4, -0.2) is 19.1 Å². The summed E-state index contributed by atoms with van der Waals surface area (Å²) in [5, 5.41) is 20.7. The van der Waals surface area contributed by atoms with E-state index in [1.54, 1.807) is 24.3 Å². The first-order valence-corrected chi connectivity index (χ1v) is 6.46. The molecule has 0 aromatic heterocycles. The predicted molar refractivity (Wildman–Crippen MR) is 72.5 cm³/mol. The molecule has 0 spiro atoms. The Balaban J connectivity index is 2.07. The van der Waals surface area contributed by atoms with Gasteiger partial charge < -0.3 is 10.1 Å². The summed E-state index contributed by atoms with van der Waals surface area (Å²) in [5.74, 6) is -0.281. The number of benzene rings is 1. The van der Waals surface area contributed by atoms with Gasteiger partial charge in [0.15, 0.2) is 0 Å². The second-order valence-corrected chi connectivity index (χ2v) is 4.79. The minimum absolute atomic E-state index is 0.281. The largest absolute Gasteiger partial charge is 0.381 e. The first-order chi connectivity index (χ1) is 9.70. The van der Waals surface area contributed by atoms with Crippen molar-refractivity contribution < 1.29 is 9.53 Å².